The van der Waals surface area contributed by atoms with Gasteiger partial charge in [0.2, 0.25) is 0 Å². The number of carbonyl (C=O) groups excluding carboxylic acids is 1. The van der Waals surface area contributed by atoms with E-state index in [4.69, 9.17) is 0 Å². The first-order chi connectivity index (χ1) is 9.84. The van der Waals surface area contributed by atoms with Crippen LogP contribution in [-0.2, 0) is 11.2 Å². The molecule has 1 fully saturated rings. The summed E-state index contributed by atoms with van der Waals surface area (Å²) in [7, 11) is 0. The fourth-order valence-electron chi connectivity index (χ4n) is 2.74. The zero-order valence-corrected chi connectivity index (χ0v) is 14.0. The number of Topliss-reactive ketones (excluding diaryl/α,β-unsaturated/α-hetero) is 1. The molecule has 116 valence electrons. The van der Waals surface area contributed by atoms with Crippen LogP contribution in [0.1, 0.15) is 38.7 Å². The second-order valence-electron chi connectivity index (χ2n) is 6.03. The molecule has 2 nitrogen and oxygen atoms in total. The van der Waals surface area contributed by atoms with Crippen LogP contribution >= 0.6 is 15.9 Å². The molecule has 0 aliphatic carbocycles. The fourth-order valence-corrected chi connectivity index (χ4v) is 3.11. The third kappa shape index (κ3) is 3.51. The Hall–Kier alpha value is -0.810. The van der Waals surface area contributed by atoms with E-state index < -0.39 is 17.2 Å². The van der Waals surface area contributed by atoms with Crippen LogP contribution in [0.5, 0.6) is 0 Å². The Bertz CT molecular complexity index is 539. The standard InChI is InChI=1S/C16H20BrF2NO/c1-16(2,20-8-4-3-5-9-20)14(21)10-11-13(18)7-6-12(17)15(11)19/h6-7H,3-5,8-10H2,1-2H3. The van der Waals surface area contributed by atoms with Gasteiger partial charge in [-0.15, -0.1) is 0 Å². The lowest BCUT2D eigenvalue weighted by Gasteiger charge is -2.39. The molecule has 0 unspecified atom stereocenters. The van der Waals surface area contributed by atoms with Gasteiger partial charge in [-0.3, -0.25) is 9.69 Å². The first kappa shape index (κ1) is 16.6. The number of likely N-dealkylation sites (tertiary alicyclic amines) is 1. The SMILES string of the molecule is CC(C)(C(=O)Cc1c(F)ccc(Br)c1F)N1CCCCC1. The second-order valence-corrected chi connectivity index (χ2v) is 6.88. The Balaban J connectivity index is 2.19. The average molecular weight is 360 g/mol. The molecule has 1 saturated heterocycles. The molecule has 1 aliphatic rings. The monoisotopic (exact) mass is 359 g/mol. The summed E-state index contributed by atoms with van der Waals surface area (Å²) in [5, 5.41) is 0. The number of benzene rings is 1. The maximum Gasteiger partial charge on any atom is 0.157 e. The summed E-state index contributed by atoms with van der Waals surface area (Å²) in [6.45, 7) is 5.41. The minimum atomic E-state index is -0.693. The zero-order valence-electron chi connectivity index (χ0n) is 12.4. The summed E-state index contributed by atoms with van der Waals surface area (Å²) in [5.41, 5.74) is -0.846. The van der Waals surface area contributed by atoms with E-state index in [1.807, 2.05) is 13.8 Å². The Morgan fingerprint density at radius 3 is 2.48 bits per heavy atom. The van der Waals surface area contributed by atoms with E-state index in [2.05, 4.69) is 20.8 Å². The van der Waals surface area contributed by atoms with Crippen LogP contribution < -0.4 is 0 Å². The summed E-state index contributed by atoms with van der Waals surface area (Å²) < 4.78 is 28.0. The summed E-state index contributed by atoms with van der Waals surface area (Å²) >= 11 is 3.03. The molecule has 21 heavy (non-hydrogen) atoms. The predicted molar refractivity (Wildman–Crippen MR) is 82.3 cm³/mol. The number of carbonyl (C=O) groups is 1. The molecular weight excluding hydrogens is 340 g/mol. The lowest BCUT2D eigenvalue weighted by atomic mass is 9.89. The van der Waals surface area contributed by atoms with Gasteiger partial charge in [-0.05, 0) is 67.8 Å². The summed E-state index contributed by atoms with van der Waals surface area (Å²) in [6, 6.07) is 2.50. The number of piperidine rings is 1. The molecule has 0 amide bonds. The van der Waals surface area contributed by atoms with Gasteiger partial charge in [-0.1, -0.05) is 6.42 Å². The fraction of sp³-hybridized carbons (Fsp3) is 0.562. The minimum Gasteiger partial charge on any atom is -0.297 e. The lowest BCUT2D eigenvalue weighted by Crippen LogP contribution is -2.52. The van der Waals surface area contributed by atoms with Crippen LogP contribution in [0.4, 0.5) is 8.78 Å². The molecule has 0 N–H and O–H groups in total. The molecule has 0 atom stereocenters. The Morgan fingerprint density at radius 1 is 1.24 bits per heavy atom. The molecule has 0 aromatic heterocycles. The van der Waals surface area contributed by atoms with Crippen LogP contribution in [0.3, 0.4) is 0 Å². The van der Waals surface area contributed by atoms with Gasteiger partial charge < -0.3 is 0 Å². The molecule has 1 aromatic carbocycles. The Labute approximate surface area is 132 Å². The third-order valence-corrected chi connectivity index (χ3v) is 4.92. The maximum absolute atomic E-state index is 14.0. The number of rotatable bonds is 4. The molecule has 2 rings (SSSR count). The van der Waals surface area contributed by atoms with Crippen molar-refractivity contribution in [3.05, 3.63) is 33.8 Å². The Morgan fingerprint density at radius 2 is 1.86 bits per heavy atom. The van der Waals surface area contributed by atoms with Crippen LogP contribution in [0.2, 0.25) is 0 Å². The van der Waals surface area contributed by atoms with Crippen molar-refractivity contribution in [1.82, 2.24) is 4.90 Å². The van der Waals surface area contributed by atoms with Crippen molar-refractivity contribution in [2.75, 3.05) is 13.1 Å². The highest BCUT2D eigenvalue weighted by atomic mass is 79.9. The number of hydrogen-bond donors (Lipinski definition) is 0. The van der Waals surface area contributed by atoms with Crippen molar-refractivity contribution in [3.8, 4) is 0 Å². The van der Waals surface area contributed by atoms with Gasteiger partial charge >= 0.3 is 0 Å². The van der Waals surface area contributed by atoms with E-state index >= 15 is 0 Å². The molecule has 1 aliphatic heterocycles. The maximum atomic E-state index is 14.0. The molecule has 1 heterocycles. The van der Waals surface area contributed by atoms with Gasteiger partial charge in [0.15, 0.2) is 5.78 Å². The molecule has 0 spiro atoms. The third-order valence-electron chi connectivity index (χ3n) is 4.31. The molecule has 0 bridgehead atoms. The first-order valence-corrected chi connectivity index (χ1v) is 8.04. The number of hydrogen-bond acceptors (Lipinski definition) is 2. The molecule has 0 radical (unpaired) electrons. The van der Waals surface area contributed by atoms with E-state index in [0.29, 0.717) is 0 Å². The first-order valence-electron chi connectivity index (χ1n) is 7.24. The molecule has 1 aromatic rings. The van der Waals surface area contributed by atoms with Crippen molar-refractivity contribution in [3.63, 3.8) is 0 Å². The highest BCUT2D eigenvalue weighted by Gasteiger charge is 2.35. The van der Waals surface area contributed by atoms with Crippen molar-refractivity contribution < 1.29 is 13.6 Å². The smallest absolute Gasteiger partial charge is 0.157 e. The molecule has 5 heteroatoms. The second kappa shape index (κ2) is 6.53. The van der Waals surface area contributed by atoms with Gasteiger partial charge in [-0.2, -0.15) is 0 Å². The van der Waals surface area contributed by atoms with E-state index in [0.717, 1.165) is 25.9 Å². The van der Waals surface area contributed by atoms with Crippen LogP contribution in [0.15, 0.2) is 16.6 Å². The van der Waals surface area contributed by atoms with Gasteiger partial charge in [0.05, 0.1) is 10.0 Å². The van der Waals surface area contributed by atoms with Gasteiger partial charge in [-0.25, -0.2) is 8.78 Å². The quantitative estimate of drug-likeness (QED) is 0.754. The van der Waals surface area contributed by atoms with Gasteiger partial charge in [0, 0.05) is 12.0 Å². The highest BCUT2D eigenvalue weighted by molar-refractivity contribution is 9.10. The van der Waals surface area contributed by atoms with Crippen molar-refractivity contribution in [2.24, 2.45) is 0 Å². The van der Waals surface area contributed by atoms with Crippen LogP contribution in [0, 0.1) is 11.6 Å². The summed E-state index contributed by atoms with van der Waals surface area (Å²) in [5.74, 6) is -1.50. The predicted octanol–water partition coefficient (Wildman–Crippen LogP) is 4.10. The van der Waals surface area contributed by atoms with E-state index in [1.54, 1.807) is 0 Å². The summed E-state index contributed by atoms with van der Waals surface area (Å²) in [6.07, 6.45) is 3.09. The number of halogens is 3. The van der Waals surface area contributed by atoms with Crippen LogP contribution in [0.25, 0.3) is 0 Å². The number of nitrogens with zero attached hydrogens (tertiary/aromatic N) is 1. The van der Waals surface area contributed by atoms with E-state index in [9.17, 15) is 13.6 Å². The number of ketones is 1. The zero-order chi connectivity index (χ0) is 15.6. The Kier molecular flexibility index (Phi) is 5.15. The minimum absolute atomic E-state index is 0.153. The largest absolute Gasteiger partial charge is 0.297 e. The normalized spacial score (nSPS) is 17.0. The van der Waals surface area contributed by atoms with Gasteiger partial charge in [0.25, 0.3) is 0 Å². The summed E-state index contributed by atoms with van der Waals surface area (Å²) in [4.78, 5) is 14.7. The van der Waals surface area contributed by atoms with Gasteiger partial charge in [0.1, 0.15) is 11.6 Å². The molecular formula is C16H20BrF2NO. The topological polar surface area (TPSA) is 20.3 Å². The van der Waals surface area contributed by atoms with E-state index in [1.165, 1.54) is 18.6 Å². The van der Waals surface area contributed by atoms with E-state index in [-0.39, 0.29) is 22.2 Å². The highest BCUT2D eigenvalue weighted by Crippen LogP contribution is 2.26. The average Bonchev–Trinajstić information content (AvgIpc) is 2.48. The van der Waals surface area contributed by atoms with Crippen LogP contribution in [-0.4, -0.2) is 29.3 Å². The van der Waals surface area contributed by atoms with Crippen molar-refractivity contribution >= 4 is 21.7 Å². The molecule has 0 saturated carbocycles. The van der Waals surface area contributed by atoms with Crippen molar-refractivity contribution in [1.29, 1.82) is 0 Å². The lowest BCUT2D eigenvalue weighted by molar-refractivity contribution is -0.129. The van der Waals surface area contributed by atoms with Crippen molar-refractivity contribution in [2.45, 2.75) is 45.1 Å².